The predicted molar refractivity (Wildman–Crippen MR) is 75.3 cm³/mol. The molecule has 2 aliphatic heterocycles. The van der Waals surface area contributed by atoms with Crippen molar-refractivity contribution in [3.63, 3.8) is 0 Å². The van der Waals surface area contributed by atoms with E-state index in [2.05, 4.69) is 16.4 Å². The summed E-state index contributed by atoms with van der Waals surface area (Å²) in [5.74, 6) is 1.07. The van der Waals surface area contributed by atoms with Gasteiger partial charge in [0.05, 0.1) is 17.4 Å². The summed E-state index contributed by atoms with van der Waals surface area (Å²) in [5, 5.41) is 4.38. The van der Waals surface area contributed by atoms with Gasteiger partial charge in [0, 0.05) is 25.2 Å². The summed E-state index contributed by atoms with van der Waals surface area (Å²) < 4.78 is 5.42. The van der Waals surface area contributed by atoms with Gasteiger partial charge in [-0.3, -0.25) is 9.98 Å². The van der Waals surface area contributed by atoms with E-state index in [4.69, 9.17) is 9.73 Å². The van der Waals surface area contributed by atoms with Crippen LogP contribution in [0.4, 0.5) is 5.69 Å². The standard InChI is InChI=1S/C13H17N3OS/c1-10-6-11(8-14-7-10)15-12-16-13(9-18-12)2-4-17-5-3-13/h6-8H,2-5,9H2,1H3,(H,15,16). The van der Waals surface area contributed by atoms with E-state index in [0.29, 0.717) is 0 Å². The lowest BCUT2D eigenvalue weighted by molar-refractivity contribution is 0.0624. The van der Waals surface area contributed by atoms with Gasteiger partial charge in [-0.25, -0.2) is 0 Å². The van der Waals surface area contributed by atoms with Gasteiger partial charge in [0.2, 0.25) is 0 Å². The maximum atomic E-state index is 5.42. The topological polar surface area (TPSA) is 46.5 Å². The first-order valence-corrected chi connectivity index (χ1v) is 7.23. The van der Waals surface area contributed by atoms with Crippen molar-refractivity contribution in [2.24, 2.45) is 4.99 Å². The predicted octanol–water partition coefficient (Wildman–Crippen LogP) is 2.45. The molecule has 0 radical (unpaired) electrons. The number of thioether (sulfide) groups is 1. The van der Waals surface area contributed by atoms with E-state index in [1.54, 1.807) is 11.8 Å². The van der Waals surface area contributed by atoms with Gasteiger partial charge < -0.3 is 10.1 Å². The van der Waals surface area contributed by atoms with Crippen LogP contribution in [0.3, 0.4) is 0 Å². The highest BCUT2D eigenvalue weighted by molar-refractivity contribution is 8.14. The summed E-state index contributed by atoms with van der Waals surface area (Å²) in [6.45, 7) is 3.72. The van der Waals surface area contributed by atoms with Crippen LogP contribution in [0, 0.1) is 6.92 Å². The van der Waals surface area contributed by atoms with Crippen molar-refractivity contribution in [3.05, 3.63) is 24.0 Å². The molecule has 1 spiro atoms. The van der Waals surface area contributed by atoms with Crippen LogP contribution < -0.4 is 5.32 Å². The molecule has 1 fully saturated rings. The number of hydrogen-bond donors (Lipinski definition) is 1. The fraction of sp³-hybridized carbons (Fsp3) is 0.538. The van der Waals surface area contributed by atoms with E-state index in [1.165, 1.54) is 0 Å². The van der Waals surface area contributed by atoms with Crippen molar-refractivity contribution in [2.75, 3.05) is 24.3 Å². The van der Waals surface area contributed by atoms with Crippen molar-refractivity contribution in [2.45, 2.75) is 25.3 Å². The van der Waals surface area contributed by atoms with Gasteiger partial charge in [-0.1, -0.05) is 11.8 Å². The third kappa shape index (κ3) is 2.52. The molecule has 1 saturated heterocycles. The Balaban J connectivity index is 1.72. The monoisotopic (exact) mass is 263 g/mol. The van der Waals surface area contributed by atoms with E-state index < -0.39 is 0 Å². The van der Waals surface area contributed by atoms with Crippen molar-refractivity contribution < 1.29 is 4.74 Å². The number of amidine groups is 1. The Morgan fingerprint density at radius 2 is 2.17 bits per heavy atom. The van der Waals surface area contributed by atoms with Crippen LogP contribution in [0.15, 0.2) is 23.5 Å². The molecule has 3 heterocycles. The number of nitrogens with zero attached hydrogens (tertiary/aromatic N) is 2. The van der Waals surface area contributed by atoms with Gasteiger partial charge in [-0.05, 0) is 31.4 Å². The molecule has 18 heavy (non-hydrogen) atoms. The first-order valence-electron chi connectivity index (χ1n) is 6.25. The SMILES string of the molecule is Cc1cncc(NC2=NC3(CCOCC3)CS2)c1. The second-order valence-electron chi connectivity index (χ2n) is 4.92. The Kier molecular flexibility index (Phi) is 3.26. The third-order valence-corrected chi connectivity index (χ3v) is 4.51. The highest BCUT2D eigenvalue weighted by Gasteiger charge is 2.37. The Morgan fingerprint density at radius 3 is 2.94 bits per heavy atom. The van der Waals surface area contributed by atoms with Crippen LogP contribution in [-0.2, 0) is 4.74 Å². The zero-order valence-electron chi connectivity index (χ0n) is 10.5. The molecule has 3 rings (SSSR count). The Bertz CT molecular complexity index is 469. The van der Waals surface area contributed by atoms with Gasteiger partial charge in [0.15, 0.2) is 5.17 Å². The van der Waals surface area contributed by atoms with Crippen molar-refractivity contribution in [3.8, 4) is 0 Å². The molecule has 0 saturated carbocycles. The molecular formula is C13H17N3OS. The Hall–Kier alpha value is -1.07. The molecule has 96 valence electrons. The average molecular weight is 263 g/mol. The number of aryl methyl sites for hydroxylation is 1. The molecule has 5 heteroatoms. The number of hydrogen-bond acceptors (Lipinski definition) is 5. The van der Waals surface area contributed by atoms with Crippen molar-refractivity contribution >= 4 is 22.6 Å². The highest BCUT2D eigenvalue weighted by atomic mass is 32.2. The Labute approximate surface area is 111 Å². The summed E-state index contributed by atoms with van der Waals surface area (Å²) in [6, 6.07) is 2.09. The van der Waals surface area contributed by atoms with E-state index in [9.17, 15) is 0 Å². The number of ether oxygens (including phenoxy) is 1. The van der Waals surface area contributed by atoms with Crippen LogP contribution in [0.1, 0.15) is 18.4 Å². The van der Waals surface area contributed by atoms with Crippen LogP contribution >= 0.6 is 11.8 Å². The summed E-state index contributed by atoms with van der Waals surface area (Å²) in [5.41, 5.74) is 2.29. The van der Waals surface area contributed by atoms with Gasteiger partial charge in [0.25, 0.3) is 0 Å². The minimum Gasteiger partial charge on any atom is -0.381 e. The smallest absolute Gasteiger partial charge is 0.161 e. The molecule has 0 aliphatic carbocycles. The fourth-order valence-electron chi connectivity index (χ4n) is 2.30. The quantitative estimate of drug-likeness (QED) is 0.845. The van der Waals surface area contributed by atoms with E-state index >= 15 is 0 Å². The van der Waals surface area contributed by atoms with E-state index in [-0.39, 0.29) is 5.54 Å². The third-order valence-electron chi connectivity index (χ3n) is 3.37. The molecule has 0 atom stereocenters. The van der Waals surface area contributed by atoms with Crippen LogP contribution in [0.5, 0.6) is 0 Å². The molecule has 2 aliphatic rings. The Morgan fingerprint density at radius 1 is 1.33 bits per heavy atom. The molecule has 1 aromatic heterocycles. The number of pyridine rings is 1. The van der Waals surface area contributed by atoms with E-state index in [1.807, 2.05) is 19.3 Å². The summed E-state index contributed by atoms with van der Waals surface area (Å²) in [6.07, 6.45) is 5.77. The van der Waals surface area contributed by atoms with E-state index in [0.717, 1.165) is 48.2 Å². The molecule has 0 unspecified atom stereocenters. The highest BCUT2D eigenvalue weighted by Crippen LogP contribution is 2.36. The van der Waals surface area contributed by atoms with Gasteiger partial charge in [-0.15, -0.1) is 0 Å². The zero-order valence-corrected chi connectivity index (χ0v) is 11.3. The van der Waals surface area contributed by atoms with Crippen molar-refractivity contribution in [1.29, 1.82) is 0 Å². The number of anilines is 1. The molecule has 0 aromatic carbocycles. The number of nitrogens with one attached hydrogen (secondary N) is 1. The summed E-state index contributed by atoms with van der Waals surface area (Å²) >= 11 is 1.80. The number of aliphatic imine (C=N–C) groups is 1. The van der Waals surface area contributed by atoms with Crippen LogP contribution in [0.25, 0.3) is 0 Å². The lowest BCUT2D eigenvalue weighted by atomic mass is 9.93. The first-order chi connectivity index (χ1) is 8.76. The van der Waals surface area contributed by atoms with Gasteiger partial charge in [-0.2, -0.15) is 0 Å². The second-order valence-corrected chi connectivity index (χ2v) is 5.88. The average Bonchev–Trinajstić information content (AvgIpc) is 2.73. The number of rotatable bonds is 1. The summed E-state index contributed by atoms with van der Waals surface area (Å²) in [4.78, 5) is 9.05. The minimum absolute atomic E-state index is 0.114. The molecular weight excluding hydrogens is 246 g/mol. The molecule has 0 bridgehead atoms. The summed E-state index contributed by atoms with van der Waals surface area (Å²) in [7, 11) is 0. The number of aromatic nitrogens is 1. The minimum atomic E-state index is 0.114. The molecule has 4 nitrogen and oxygen atoms in total. The van der Waals surface area contributed by atoms with Gasteiger partial charge in [0.1, 0.15) is 0 Å². The van der Waals surface area contributed by atoms with Crippen molar-refractivity contribution in [1.82, 2.24) is 4.98 Å². The molecule has 1 aromatic rings. The molecule has 0 amide bonds. The van der Waals surface area contributed by atoms with Crippen LogP contribution in [-0.4, -0.2) is 34.7 Å². The normalized spacial score (nSPS) is 21.9. The first kappa shape index (κ1) is 12.0. The van der Waals surface area contributed by atoms with Crippen LogP contribution in [0.2, 0.25) is 0 Å². The lowest BCUT2D eigenvalue weighted by Crippen LogP contribution is -2.34. The maximum Gasteiger partial charge on any atom is 0.161 e. The van der Waals surface area contributed by atoms with Gasteiger partial charge >= 0.3 is 0 Å². The molecule has 1 N–H and O–H groups in total. The zero-order chi connectivity index (χ0) is 12.4. The lowest BCUT2D eigenvalue weighted by Gasteiger charge is -2.29. The largest absolute Gasteiger partial charge is 0.381 e. The fourth-order valence-corrected chi connectivity index (χ4v) is 3.51. The maximum absolute atomic E-state index is 5.42. The second kappa shape index (κ2) is 4.90.